The molecule has 3 rings (SSSR count). The molecule has 2 aromatic rings. The molecular weight excluding hydrogens is 404 g/mol. The number of anilines is 1. The van der Waals surface area contributed by atoms with Gasteiger partial charge >= 0.3 is 0 Å². The molecule has 0 atom stereocenters. The molecule has 5 nitrogen and oxygen atoms in total. The van der Waals surface area contributed by atoms with Crippen LogP contribution in [-0.2, 0) is 14.6 Å². The number of nitrogens with one attached hydrogen (secondary N) is 1. The van der Waals surface area contributed by atoms with Crippen molar-refractivity contribution in [2.45, 2.75) is 37.0 Å². The Kier molecular flexibility index (Phi) is 6.34. The molecule has 0 spiro atoms. The predicted octanol–water partition coefficient (Wildman–Crippen LogP) is 4.80. The number of nitrogens with zero attached hydrogens (tertiary/aromatic N) is 1. The fourth-order valence-corrected chi connectivity index (χ4v) is 5.11. The van der Waals surface area contributed by atoms with E-state index < -0.39 is 9.84 Å². The molecule has 0 saturated heterocycles. The van der Waals surface area contributed by atoms with Crippen molar-refractivity contribution in [3.05, 3.63) is 46.4 Å². The summed E-state index contributed by atoms with van der Waals surface area (Å²) in [5.41, 5.74) is 1.10. The molecule has 1 heterocycles. The molecule has 0 unspecified atom stereocenters. The number of aromatic nitrogens is 1. The lowest BCUT2D eigenvalue weighted by molar-refractivity contribution is -0.111. The Hall–Kier alpha value is -1.70. The minimum absolute atomic E-state index is 0.0604. The van der Waals surface area contributed by atoms with Crippen molar-refractivity contribution >= 4 is 49.4 Å². The van der Waals surface area contributed by atoms with Crippen LogP contribution in [0.4, 0.5) is 5.13 Å². The third-order valence-electron chi connectivity index (χ3n) is 4.59. The average molecular weight is 425 g/mol. The SMILES string of the molecule is CS(=O)(=O)c1ccc(C(=CC2CCCCC2)C(=O)Nc2nccs2)cc1Cl. The molecule has 0 bridgehead atoms. The fourth-order valence-electron chi connectivity index (χ4n) is 3.26. The largest absolute Gasteiger partial charge is 0.298 e. The minimum atomic E-state index is -3.42. The summed E-state index contributed by atoms with van der Waals surface area (Å²) in [5, 5.41) is 5.24. The lowest BCUT2D eigenvalue weighted by atomic mass is 9.86. The first-order valence-corrected chi connectivity index (χ1v) is 11.9. The highest BCUT2D eigenvalue weighted by molar-refractivity contribution is 7.90. The average Bonchev–Trinajstić information content (AvgIpc) is 3.12. The van der Waals surface area contributed by atoms with Gasteiger partial charge in [0.1, 0.15) is 0 Å². The molecular formula is C19H21ClN2O3S2. The van der Waals surface area contributed by atoms with Crippen molar-refractivity contribution in [2.75, 3.05) is 11.6 Å². The second-order valence-electron chi connectivity index (χ2n) is 6.69. The first-order valence-electron chi connectivity index (χ1n) is 8.77. The van der Waals surface area contributed by atoms with E-state index >= 15 is 0 Å². The molecule has 1 fully saturated rings. The number of carbonyl (C=O) groups is 1. The summed E-state index contributed by atoms with van der Waals surface area (Å²) in [5.74, 6) is 0.0582. The van der Waals surface area contributed by atoms with Crippen LogP contribution in [-0.4, -0.2) is 25.6 Å². The third-order valence-corrected chi connectivity index (χ3v) is 6.86. The van der Waals surface area contributed by atoms with E-state index in [1.807, 2.05) is 6.08 Å². The topological polar surface area (TPSA) is 76.1 Å². The summed E-state index contributed by atoms with van der Waals surface area (Å²) < 4.78 is 23.6. The van der Waals surface area contributed by atoms with E-state index in [2.05, 4.69) is 10.3 Å². The van der Waals surface area contributed by atoms with Crippen LogP contribution < -0.4 is 5.32 Å². The second-order valence-corrected chi connectivity index (χ2v) is 9.97. The highest BCUT2D eigenvalue weighted by Crippen LogP contribution is 2.31. The van der Waals surface area contributed by atoms with Crippen molar-refractivity contribution in [1.29, 1.82) is 0 Å². The fraction of sp³-hybridized carbons (Fsp3) is 0.368. The third kappa shape index (κ3) is 5.18. The number of thiazole rings is 1. The predicted molar refractivity (Wildman–Crippen MR) is 110 cm³/mol. The molecule has 1 N–H and O–H groups in total. The van der Waals surface area contributed by atoms with Gasteiger partial charge in [-0.1, -0.05) is 43.0 Å². The number of amides is 1. The molecule has 1 amide bonds. The van der Waals surface area contributed by atoms with Crippen molar-refractivity contribution in [2.24, 2.45) is 5.92 Å². The van der Waals surface area contributed by atoms with E-state index in [4.69, 9.17) is 11.6 Å². The van der Waals surface area contributed by atoms with Crippen molar-refractivity contribution in [1.82, 2.24) is 4.98 Å². The van der Waals surface area contributed by atoms with Gasteiger partial charge in [-0.15, -0.1) is 11.3 Å². The normalized spacial score (nSPS) is 16.3. The number of allylic oxidation sites excluding steroid dienone is 1. The zero-order valence-electron chi connectivity index (χ0n) is 14.9. The smallest absolute Gasteiger partial charge is 0.257 e. The Morgan fingerprint density at radius 1 is 1.30 bits per heavy atom. The Morgan fingerprint density at radius 2 is 2.04 bits per heavy atom. The van der Waals surface area contributed by atoms with Gasteiger partial charge in [0.25, 0.3) is 5.91 Å². The molecule has 0 aliphatic heterocycles. The lowest BCUT2D eigenvalue weighted by Crippen LogP contribution is -2.15. The number of halogens is 1. The number of hydrogen-bond acceptors (Lipinski definition) is 5. The van der Waals surface area contributed by atoms with Crippen molar-refractivity contribution in [3.63, 3.8) is 0 Å². The van der Waals surface area contributed by atoms with Crippen LogP contribution in [0, 0.1) is 5.92 Å². The quantitative estimate of drug-likeness (QED) is 0.699. The van der Waals surface area contributed by atoms with Crippen LogP contribution in [0.1, 0.15) is 37.7 Å². The first-order chi connectivity index (χ1) is 12.8. The summed E-state index contributed by atoms with van der Waals surface area (Å²) in [4.78, 5) is 17.1. The maximum absolute atomic E-state index is 12.9. The molecule has 1 aromatic heterocycles. The first kappa shape index (κ1) is 20.0. The molecule has 1 aromatic carbocycles. The standard InChI is InChI=1S/C19H21ClN2O3S2/c1-27(24,25)17-8-7-14(12-16(17)20)15(11-13-5-3-2-4-6-13)18(23)22-19-21-9-10-26-19/h7-13H,2-6H2,1H3,(H,21,22,23). The Balaban J connectivity index is 1.97. The van der Waals surface area contributed by atoms with Crippen LogP contribution in [0.3, 0.4) is 0 Å². The van der Waals surface area contributed by atoms with Gasteiger partial charge in [-0.25, -0.2) is 13.4 Å². The van der Waals surface area contributed by atoms with E-state index in [1.165, 1.54) is 23.8 Å². The number of hydrogen-bond donors (Lipinski definition) is 1. The molecule has 27 heavy (non-hydrogen) atoms. The Bertz CT molecular complexity index is 947. The van der Waals surface area contributed by atoms with E-state index in [-0.39, 0.29) is 15.8 Å². The maximum atomic E-state index is 12.9. The molecule has 1 aliphatic carbocycles. The summed E-state index contributed by atoms with van der Waals surface area (Å²) in [6, 6.07) is 4.64. The van der Waals surface area contributed by atoms with Gasteiger partial charge in [0.2, 0.25) is 0 Å². The molecule has 0 radical (unpaired) electrons. The highest BCUT2D eigenvalue weighted by Gasteiger charge is 2.20. The monoisotopic (exact) mass is 424 g/mol. The van der Waals surface area contributed by atoms with Crippen LogP contribution in [0.15, 0.2) is 40.7 Å². The van der Waals surface area contributed by atoms with Gasteiger partial charge in [0.15, 0.2) is 15.0 Å². The van der Waals surface area contributed by atoms with Gasteiger partial charge in [-0.3, -0.25) is 10.1 Å². The summed E-state index contributed by atoms with van der Waals surface area (Å²) in [6.07, 6.45) is 10.3. The molecule has 1 saturated carbocycles. The lowest BCUT2D eigenvalue weighted by Gasteiger charge is -2.20. The number of carbonyl (C=O) groups excluding carboxylic acids is 1. The van der Waals surface area contributed by atoms with Crippen LogP contribution in [0.2, 0.25) is 5.02 Å². The van der Waals surface area contributed by atoms with E-state index in [0.29, 0.717) is 22.2 Å². The summed E-state index contributed by atoms with van der Waals surface area (Å²) in [7, 11) is -3.42. The maximum Gasteiger partial charge on any atom is 0.257 e. The molecule has 1 aliphatic rings. The summed E-state index contributed by atoms with van der Waals surface area (Å²) >= 11 is 7.54. The van der Waals surface area contributed by atoms with E-state index in [9.17, 15) is 13.2 Å². The summed E-state index contributed by atoms with van der Waals surface area (Å²) in [6.45, 7) is 0. The molecule has 144 valence electrons. The number of benzene rings is 1. The zero-order valence-corrected chi connectivity index (χ0v) is 17.3. The van der Waals surface area contributed by atoms with Crippen molar-refractivity contribution in [3.8, 4) is 0 Å². The van der Waals surface area contributed by atoms with Gasteiger partial charge < -0.3 is 0 Å². The Morgan fingerprint density at radius 3 is 2.63 bits per heavy atom. The second kappa shape index (κ2) is 8.54. The van der Waals surface area contributed by atoms with Crippen molar-refractivity contribution < 1.29 is 13.2 Å². The van der Waals surface area contributed by atoms with Gasteiger partial charge in [-0.05, 0) is 36.5 Å². The van der Waals surface area contributed by atoms with E-state index in [0.717, 1.165) is 31.9 Å². The number of sulfone groups is 1. The van der Waals surface area contributed by atoms with Crippen LogP contribution in [0.25, 0.3) is 5.57 Å². The van der Waals surface area contributed by atoms with Gasteiger partial charge in [0.05, 0.1) is 9.92 Å². The van der Waals surface area contributed by atoms with Crippen LogP contribution in [0.5, 0.6) is 0 Å². The molecule has 8 heteroatoms. The minimum Gasteiger partial charge on any atom is -0.298 e. The van der Waals surface area contributed by atoms with E-state index in [1.54, 1.807) is 23.7 Å². The van der Waals surface area contributed by atoms with Crippen LogP contribution >= 0.6 is 22.9 Å². The van der Waals surface area contributed by atoms with Gasteiger partial charge in [0, 0.05) is 23.4 Å². The highest BCUT2D eigenvalue weighted by atomic mass is 35.5. The zero-order chi connectivity index (χ0) is 19.4. The number of rotatable bonds is 5. The Labute approximate surface area is 168 Å². The van der Waals surface area contributed by atoms with Gasteiger partial charge in [-0.2, -0.15) is 0 Å².